The summed E-state index contributed by atoms with van der Waals surface area (Å²) in [7, 11) is 0. The summed E-state index contributed by atoms with van der Waals surface area (Å²) in [5.41, 5.74) is 9.53. The molecule has 2 unspecified atom stereocenters. The Morgan fingerprint density at radius 2 is 1.83 bits per heavy atom. The summed E-state index contributed by atoms with van der Waals surface area (Å²) in [6, 6.07) is 17.6. The Kier molecular flexibility index (Phi) is 4.96. The predicted molar refractivity (Wildman–Crippen MR) is 97.5 cm³/mol. The molecule has 2 atom stereocenters. The van der Waals surface area contributed by atoms with E-state index in [9.17, 15) is 4.79 Å². The van der Waals surface area contributed by atoms with Gasteiger partial charge in [-0.05, 0) is 23.6 Å². The highest BCUT2D eigenvalue weighted by molar-refractivity contribution is 5.83. The number of hydrogen-bond acceptors (Lipinski definition) is 2. The number of benzene rings is 2. The van der Waals surface area contributed by atoms with Gasteiger partial charge in [-0.15, -0.1) is 0 Å². The van der Waals surface area contributed by atoms with Gasteiger partial charge in [0.1, 0.15) is 0 Å². The zero-order valence-electron chi connectivity index (χ0n) is 13.8. The normalized spacial score (nSPS) is 13.6. The highest BCUT2D eigenvalue weighted by Gasteiger charge is 2.21. The number of aromatic amines is 1. The minimum Gasteiger partial charge on any atom is -0.361 e. The van der Waals surface area contributed by atoms with Crippen LogP contribution in [0, 0.1) is 5.92 Å². The third-order valence-electron chi connectivity index (χ3n) is 4.51. The molecule has 4 nitrogen and oxygen atoms in total. The molecule has 0 saturated carbocycles. The zero-order chi connectivity index (χ0) is 16.9. The van der Waals surface area contributed by atoms with Crippen molar-refractivity contribution in [2.45, 2.75) is 19.4 Å². The van der Waals surface area contributed by atoms with Crippen molar-refractivity contribution in [3.8, 4) is 0 Å². The number of carbonyl (C=O) groups excluding carboxylic acids is 1. The highest BCUT2D eigenvalue weighted by Crippen LogP contribution is 2.20. The molecule has 0 radical (unpaired) electrons. The van der Waals surface area contributed by atoms with Crippen LogP contribution >= 0.6 is 0 Å². The first-order valence-electron chi connectivity index (χ1n) is 8.30. The van der Waals surface area contributed by atoms with E-state index in [2.05, 4.69) is 22.4 Å². The lowest BCUT2D eigenvalue weighted by atomic mass is 9.94. The van der Waals surface area contributed by atoms with Gasteiger partial charge in [-0.3, -0.25) is 4.79 Å². The van der Waals surface area contributed by atoms with Crippen LogP contribution < -0.4 is 11.1 Å². The second-order valence-corrected chi connectivity index (χ2v) is 6.13. The molecule has 124 valence electrons. The zero-order valence-corrected chi connectivity index (χ0v) is 13.8. The topological polar surface area (TPSA) is 70.9 Å². The lowest BCUT2D eigenvalue weighted by Crippen LogP contribution is -2.36. The van der Waals surface area contributed by atoms with Crippen LogP contribution in [-0.4, -0.2) is 17.4 Å². The van der Waals surface area contributed by atoms with Gasteiger partial charge in [0.05, 0.1) is 5.92 Å². The minimum atomic E-state index is -0.292. The van der Waals surface area contributed by atoms with Crippen LogP contribution in [0.2, 0.25) is 0 Å². The summed E-state index contributed by atoms with van der Waals surface area (Å²) in [5.74, 6) is -0.276. The van der Waals surface area contributed by atoms with Crippen molar-refractivity contribution in [1.29, 1.82) is 0 Å². The van der Waals surface area contributed by atoms with E-state index in [-0.39, 0.29) is 17.9 Å². The number of rotatable bonds is 6. The van der Waals surface area contributed by atoms with Crippen LogP contribution in [0.1, 0.15) is 24.1 Å². The van der Waals surface area contributed by atoms with Gasteiger partial charge in [0, 0.05) is 29.7 Å². The van der Waals surface area contributed by atoms with Gasteiger partial charge in [-0.2, -0.15) is 0 Å². The minimum absolute atomic E-state index is 0.00815. The molecule has 0 aliphatic rings. The molecule has 0 fully saturated rings. The van der Waals surface area contributed by atoms with Gasteiger partial charge in [-0.1, -0.05) is 55.5 Å². The molecule has 1 aromatic heterocycles. The summed E-state index contributed by atoms with van der Waals surface area (Å²) in [6.07, 6.45) is 2.80. The SMILES string of the molecule is CC(C(=O)NCCc1c[nH]c2ccccc12)C(N)c1ccccc1. The maximum Gasteiger partial charge on any atom is 0.224 e. The Balaban J connectivity index is 1.55. The third kappa shape index (κ3) is 3.49. The smallest absolute Gasteiger partial charge is 0.224 e. The number of fused-ring (bicyclic) bond motifs is 1. The number of nitrogens with one attached hydrogen (secondary N) is 2. The molecule has 2 aromatic carbocycles. The average molecular weight is 321 g/mol. The molecule has 0 saturated heterocycles. The van der Waals surface area contributed by atoms with Crippen molar-refractivity contribution in [3.63, 3.8) is 0 Å². The summed E-state index contributed by atoms with van der Waals surface area (Å²) >= 11 is 0. The fourth-order valence-electron chi connectivity index (χ4n) is 2.95. The first-order valence-corrected chi connectivity index (χ1v) is 8.30. The van der Waals surface area contributed by atoms with Crippen molar-refractivity contribution in [1.82, 2.24) is 10.3 Å². The van der Waals surface area contributed by atoms with E-state index in [0.29, 0.717) is 6.54 Å². The molecule has 1 heterocycles. The molecule has 3 aromatic rings. The Morgan fingerprint density at radius 1 is 1.12 bits per heavy atom. The lowest BCUT2D eigenvalue weighted by Gasteiger charge is -2.19. The van der Waals surface area contributed by atoms with E-state index in [1.807, 2.05) is 55.6 Å². The van der Waals surface area contributed by atoms with Gasteiger partial charge in [0.15, 0.2) is 0 Å². The largest absolute Gasteiger partial charge is 0.361 e. The molecule has 0 bridgehead atoms. The number of H-pyrrole nitrogens is 1. The van der Waals surface area contributed by atoms with Gasteiger partial charge in [0.25, 0.3) is 0 Å². The second-order valence-electron chi connectivity index (χ2n) is 6.13. The molecule has 4 N–H and O–H groups in total. The monoisotopic (exact) mass is 321 g/mol. The van der Waals surface area contributed by atoms with Crippen molar-refractivity contribution in [3.05, 3.63) is 71.9 Å². The first-order chi connectivity index (χ1) is 11.7. The number of hydrogen-bond donors (Lipinski definition) is 3. The highest BCUT2D eigenvalue weighted by atomic mass is 16.1. The van der Waals surface area contributed by atoms with E-state index in [1.165, 1.54) is 10.9 Å². The summed E-state index contributed by atoms with van der Waals surface area (Å²) < 4.78 is 0. The Hall–Kier alpha value is -2.59. The number of amides is 1. The van der Waals surface area contributed by atoms with Crippen LogP contribution in [0.15, 0.2) is 60.8 Å². The van der Waals surface area contributed by atoms with Gasteiger partial charge < -0.3 is 16.0 Å². The Bertz CT molecular complexity index is 810. The van der Waals surface area contributed by atoms with E-state index in [1.54, 1.807) is 0 Å². The summed E-state index contributed by atoms with van der Waals surface area (Å²) in [4.78, 5) is 15.6. The van der Waals surface area contributed by atoms with Crippen molar-refractivity contribution in [2.75, 3.05) is 6.54 Å². The maximum absolute atomic E-state index is 12.4. The Morgan fingerprint density at radius 3 is 2.62 bits per heavy atom. The molecule has 0 spiro atoms. The third-order valence-corrected chi connectivity index (χ3v) is 4.51. The van der Waals surface area contributed by atoms with E-state index >= 15 is 0 Å². The first kappa shape index (κ1) is 16.3. The van der Waals surface area contributed by atoms with Crippen LogP contribution in [0.25, 0.3) is 10.9 Å². The van der Waals surface area contributed by atoms with Crippen LogP contribution in [0.5, 0.6) is 0 Å². The van der Waals surface area contributed by atoms with Crippen LogP contribution in [0.3, 0.4) is 0 Å². The quantitative estimate of drug-likeness (QED) is 0.652. The lowest BCUT2D eigenvalue weighted by molar-refractivity contribution is -0.125. The Labute approximate surface area is 142 Å². The standard InChI is InChI=1S/C20H23N3O/c1-14(19(21)15-7-3-2-4-8-15)20(24)22-12-11-16-13-23-18-10-6-5-9-17(16)18/h2-10,13-14,19,23H,11-12,21H2,1H3,(H,22,24). The van der Waals surface area contributed by atoms with Gasteiger partial charge in [0.2, 0.25) is 5.91 Å². The van der Waals surface area contributed by atoms with Gasteiger partial charge >= 0.3 is 0 Å². The van der Waals surface area contributed by atoms with E-state index < -0.39 is 0 Å². The molecular weight excluding hydrogens is 298 g/mol. The molecule has 0 aliphatic heterocycles. The van der Waals surface area contributed by atoms with Crippen molar-refractivity contribution in [2.24, 2.45) is 11.7 Å². The van der Waals surface area contributed by atoms with Gasteiger partial charge in [-0.25, -0.2) is 0 Å². The van der Waals surface area contributed by atoms with Crippen molar-refractivity contribution < 1.29 is 4.79 Å². The van der Waals surface area contributed by atoms with Crippen LogP contribution in [0.4, 0.5) is 0 Å². The number of aromatic nitrogens is 1. The fourth-order valence-corrected chi connectivity index (χ4v) is 2.95. The molecule has 24 heavy (non-hydrogen) atoms. The predicted octanol–water partition coefficient (Wildman–Crippen LogP) is 3.16. The molecule has 3 rings (SSSR count). The maximum atomic E-state index is 12.4. The average Bonchev–Trinajstić information content (AvgIpc) is 3.04. The summed E-state index contributed by atoms with van der Waals surface area (Å²) in [6.45, 7) is 2.48. The van der Waals surface area contributed by atoms with Crippen molar-refractivity contribution >= 4 is 16.8 Å². The fraction of sp³-hybridized carbons (Fsp3) is 0.250. The second kappa shape index (κ2) is 7.32. The van der Waals surface area contributed by atoms with Crippen LogP contribution in [-0.2, 0) is 11.2 Å². The van der Waals surface area contributed by atoms with E-state index in [4.69, 9.17) is 5.73 Å². The summed E-state index contributed by atoms with van der Waals surface area (Å²) in [5, 5.41) is 4.21. The molecule has 1 amide bonds. The molecular formula is C20H23N3O. The number of nitrogens with two attached hydrogens (primary N) is 1. The number of para-hydroxylation sites is 1. The molecule has 4 heteroatoms. The molecule has 0 aliphatic carbocycles. The number of carbonyl (C=O) groups is 1. The van der Waals surface area contributed by atoms with E-state index in [0.717, 1.165) is 17.5 Å².